The van der Waals surface area contributed by atoms with E-state index < -0.39 is 71.3 Å². The van der Waals surface area contributed by atoms with Crippen LogP contribution in [0.5, 0.6) is 0 Å². The summed E-state index contributed by atoms with van der Waals surface area (Å²) in [5.41, 5.74) is 0. The Bertz CT molecular complexity index is 512. The summed E-state index contributed by atoms with van der Waals surface area (Å²) in [5, 5.41) is 31.2. The third kappa shape index (κ3) is 2.82. The summed E-state index contributed by atoms with van der Waals surface area (Å²) in [6.07, 6.45) is -2.76. The second-order valence-electron chi connectivity index (χ2n) is 6.70. The fourth-order valence-corrected chi connectivity index (χ4v) is 4.75. The van der Waals surface area contributed by atoms with Crippen LogP contribution < -0.4 is 21.3 Å². The molecule has 0 aliphatic heterocycles. The van der Waals surface area contributed by atoms with Crippen LogP contribution in [0.15, 0.2) is 0 Å². The van der Waals surface area contributed by atoms with Gasteiger partial charge in [0.1, 0.15) is 0 Å². The number of hydrogen-bond acceptors (Lipinski definition) is 6. The molecular weight excluding hydrogens is 344 g/mol. The zero-order chi connectivity index (χ0) is 19.8. The van der Waals surface area contributed by atoms with Crippen molar-refractivity contribution in [3.05, 3.63) is 0 Å². The summed E-state index contributed by atoms with van der Waals surface area (Å²) in [5.74, 6) is -8.28. The minimum Gasteiger partial charge on any atom is -0.391 e. The summed E-state index contributed by atoms with van der Waals surface area (Å²) >= 11 is 0. The van der Waals surface area contributed by atoms with Gasteiger partial charge in [0.05, 0.1) is 35.9 Å². The van der Waals surface area contributed by atoms with Gasteiger partial charge in [-0.1, -0.05) is 0 Å². The Hall–Kier alpha value is -2.20. The SMILES string of the molecule is CNC(=O)[C@@H]1C(O)[C@H](C(=O)NC)C2C1[C@@H](C(=O)NC)C(O)[C@H]2C(=O)NC. The number of amides is 4. The lowest BCUT2D eigenvalue weighted by molar-refractivity contribution is -0.137. The maximum atomic E-state index is 12.4. The molecular formula is C16H26N4O6. The first kappa shape index (κ1) is 20.1. The Kier molecular flexibility index (Phi) is 5.87. The third-order valence-corrected chi connectivity index (χ3v) is 5.77. The van der Waals surface area contributed by atoms with Crippen molar-refractivity contribution in [2.24, 2.45) is 35.5 Å². The first-order valence-electron chi connectivity index (χ1n) is 8.49. The Labute approximate surface area is 151 Å². The van der Waals surface area contributed by atoms with E-state index in [9.17, 15) is 29.4 Å². The molecule has 2 aliphatic rings. The molecule has 0 spiro atoms. The van der Waals surface area contributed by atoms with Crippen LogP contribution in [-0.4, -0.2) is 74.2 Å². The molecule has 0 aromatic carbocycles. The van der Waals surface area contributed by atoms with E-state index >= 15 is 0 Å². The molecule has 8 atom stereocenters. The monoisotopic (exact) mass is 370 g/mol. The Morgan fingerprint density at radius 2 is 0.731 bits per heavy atom. The standard InChI is InChI=1S/C16H26N4O6/c1-17-13(23)7-5-6(9(11(7)21)15(25)19-3)10(16(26)20-4)12(22)8(5)14(24)18-2/h5-12,21-22H,1-4H3,(H,17,23)(H,18,24)(H,19,25)(H,20,26)/t5?,6?,7-,8+,9+,10-,11?,12?. The molecule has 0 aromatic heterocycles. The number of fused-ring (bicyclic) bond motifs is 1. The van der Waals surface area contributed by atoms with Crippen LogP contribution in [0, 0.1) is 35.5 Å². The van der Waals surface area contributed by atoms with Crippen molar-refractivity contribution in [3.63, 3.8) is 0 Å². The van der Waals surface area contributed by atoms with E-state index in [1.807, 2.05) is 0 Å². The van der Waals surface area contributed by atoms with Crippen molar-refractivity contribution < 1.29 is 29.4 Å². The molecule has 2 fully saturated rings. The van der Waals surface area contributed by atoms with Gasteiger partial charge in [0.2, 0.25) is 23.6 Å². The molecule has 4 amide bonds. The number of carbonyl (C=O) groups excluding carboxylic acids is 4. The first-order chi connectivity index (χ1) is 12.3. The van der Waals surface area contributed by atoms with Crippen LogP contribution in [0.25, 0.3) is 0 Å². The molecule has 10 nitrogen and oxygen atoms in total. The van der Waals surface area contributed by atoms with Crippen LogP contribution in [0.4, 0.5) is 0 Å². The minimum atomic E-state index is -1.38. The fourth-order valence-electron chi connectivity index (χ4n) is 4.75. The molecule has 2 aliphatic carbocycles. The predicted octanol–water partition coefficient (Wildman–Crippen LogP) is -3.58. The topological polar surface area (TPSA) is 157 Å². The summed E-state index contributed by atoms with van der Waals surface area (Å²) in [7, 11) is 5.53. The number of rotatable bonds is 4. The van der Waals surface area contributed by atoms with Crippen molar-refractivity contribution in [1.82, 2.24) is 21.3 Å². The first-order valence-corrected chi connectivity index (χ1v) is 8.49. The lowest BCUT2D eigenvalue weighted by atomic mass is 9.81. The maximum Gasteiger partial charge on any atom is 0.225 e. The molecule has 4 unspecified atom stereocenters. The largest absolute Gasteiger partial charge is 0.391 e. The van der Waals surface area contributed by atoms with E-state index in [4.69, 9.17) is 0 Å². The minimum absolute atomic E-state index is 0.544. The molecule has 0 heterocycles. The molecule has 146 valence electrons. The number of nitrogens with one attached hydrogen (secondary N) is 4. The van der Waals surface area contributed by atoms with E-state index in [0.717, 1.165) is 0 Å². The van der Waals surface area contributed by atoms with Crippen LogP contribution in [-0.2, 0) is 19.2 Å². The van der Waals surface area contributed by atoms with Crippen molar-refractivity contribution in [1.29, 1.82) is 0 Å². The zero-order valence-electron chi connectivity index (χ0n) is 15.1. The molecule has 10 heteroatoms. The van der Waals surface area contributed by atoms with Gasteiger partial charge in [-0.15, -0.1) is 0 Å². The van der Waals surface area contributed by atoms with Crippen LogP contribution in [0.3, 0.4) is 0 Å². The molecule has 0 saturated heterocycles. The van der Waals surface area contributed by atoms with Crippen molar-refractivity contribution in [3.8, 4) is 0 Å². The second-order valence-corrected chi connectivity index (χ2v) is 6.70. The van der Waals surface area contributed by atoms with Crippen LogP contribution in [0.1, 0.15) is 0 Å². The number of aliphatic hydroxyl groups excluding tert-OH is 2. The molecule has 0 bridgehead atoms. The lowest BCUT2D eigenvalue weighted by Gasteiger charge is -2.27. The quantitative estimate of drug-likeness (QED) is 0.300. The molecule has 2 rings (SSSR count). The smallest absolute Gasteiger partial charge is 0.225 e. The Morgan fingerprint density at radius 1 is 0.538 bits per heavy atom. The van der Waals surface area contributed by atoms with Gasteiger partial charge >= 0.3 is 0 Å². The molecule has 26 heavy (non-hydrogen) atoms. The zero-order valence-corrected chi connectivity index (χ0v) is 15.1. The summed E-state index contributed by atoms with van der Waals surface area (Å²) in [4.78, 5) is 49.7. The molecule has 0 radical (unpaired) electrons. The van der Waals surface area contributed by atoms with Gasteiger partial charge in [-0.05, 0) is 11.8 Å². The van der Waals surface area contributed by atoms with Gasteiger partial charge in [-0.25, -0.2) is 0 Å². The summed E-state index contributed by atoms with van der Waals surface area (Å²) < 4.78 is 0. The number of carbonyl (C=O) groups is 4. The van der Waals surface area contributed by atoms with Crippen LogP contribution >= 0.6 is 0 Å². The van der Waals surface area contributed by atoms with Crippen LogP contribution in [0.2, 0.25) is 0 Å². The van der Waals surface area contributed by atoms with Gasteiger partial charge in [0, 0.05) is 28.2 Å². The Balaban J connectivity index is 2.63. The van der Waals surface area contributed by atoms with E-state index in [2.05, 4.69) is 21.3 Å². The number of hydrogen-bond donors (Lipinski definition) is 6. The molecule has 0 aromatic rings. The van der Waals surface area contributed by atoms with Gasteiger partial charge in [0.25, 0.3) is 0 Å². The number of aliphatic hydroxyl groups is 2. The van der Waals surface area contributed by atoms with Crippen molar-refractivity contribution in [2.75, 3.05) is 28.2 Å². The average Bonchev–Trinajstić information content (AvgIpc) is 3.08. The molecule has 6 N–H and O–H groups in total. The van der Waals surface area contributed by atoms with Gasteiger partial charge in [0.15, 0.2) is 0 Å². The van der Waals surface area contributed by atoms with Crippen molar-refractivity contribution in [2.45, 2.75) is 12.2 Å². The summed E-state index contributed by atoms with van der Waals surface area (Å²) in [6.45, 7) is 0. The highest BCUT2D eigenvalue weighted by molar-refractivity contribution is 5.91. The molecule has 2 saturated carbocycles. The average molecular weight is 370 g/mol. The highest BCUT2D eigenvalue weighted by Crippen LogP contribution is 2.56. The maximum absolute atomic E-state index is 12.4. The second kappa shape index (κ2) is 7.58. The predicted molar refractivity (Wildman–Crippen MR) is 89.2 cm³/mol. The van der Waals surface area contributed by atoms with Gasteiger partial charge in [-0.2, -0.15) is 0 Å². The fraction of sp³-hybridized carbons (Fsp3) is 0.750. The lowest BCUT2D eigenvalue weighted by Crippen LogP contribution is -2.48. The highest BCUT2D eigenvalue weighted by Gasteiger charge is 2.68. The summed E-state index contributed by atoms with van der Waals surface area (Å²) in [6, 6.07) is 0. The normalized spacial score (nSPS) is 38.2. The van der Waals surface area contributed by atoms with Crippen molar-refractivity contribution >= 4 is 23.6 Å². The van der Waals surface area contributed by atoms with E-state index in [-0.39, 0.29) is 0 Å². The third-order valence-electron chi connectivity index (χ3n) is 5.77. The van der Waals surface area contributed by atoms with E-state index in [0.29, 0.717) is 0 Å². The highest BCUT2D eigenvalue weighted by atomic mass is 16.3. The van der Waals surface area contributed by atoms with E-state index in [1.54, 1.807) is 0 Å². The van der Waals surface area contributed by atoms with Gasteiger partial charge in [-0.3, -0.25) is 19.2 Å². The Morgan fingerprint density at radius 3 is 0.885 bits per heavy atom. The van der Waals surface area contributed by atoms with E-state index in [1.165, 1.54) is 28.2 Å². The van der Waals surface area contributed by atoms with Gasteiger partial charge < -0.3 is 31.5 Å².